The van der Waals surface area contributed by atoms with E-state index in [1.54, 1.807) is 30.3 Å². The highest BCUT2D eigenvalue weighted by atomic mass is 32.2. The number of rotatable bonds is 8. The van der Waals surface area contributed by atoms with Crippen LogP contribution >= 0.6 is 0 Å². The van der Waals surface area contributed by atoms with Crippen LogP contribution in [0.4, 0.5) is 0 Å². The number of benzene rings is 2. The fraction of sp³-hybridized carbons (Fsp3) is 0.318. The highest BCUT2D eigenvalue weighted by Crippen LogP contribution is 2.31. The van der Waals surface area contributed by atoms with E-state index in [0.717, 1.165) is 5.56 Å². The number of ether oxygens (including phenoxy) is 2. The Morgan fingerprint density at radius 2 is 1.79 bits per heavy atom. The number of nitrogens with zero attached hydrogens (tertiary/aromatic N) is 1. The molecule has 0 saturated carbocycles. The Kier molecular flexibility index (Phi) is 7.24. The SMILES string of the molecule is CCOc1cc(/C=C(\C#N)S(=O)(=O)c2ccc(C)cc2)ccc1OCC(C)C. The van der Waals surface area contributed by atoms with Crippen molar-refractivity contribution in [1.29, 1.82) is 5.26 Å². The predicted molar refractivity (Wildman–Crippen MR) is 110 cm³/mol. The lowest BCUT2D eigenvalue weighted by Crippen LogP contribution is -2.06. The first-order valence-corrected chi connectivity index (χ1v) is 10.6. The molecule has 0 aliphatic carbocycles. The first-order valence-electron chi connectivity index (χ1n) is 9.11. The molecule has 0 bridgehead atoms. The molecule has 0 heterocycles. The molecule has 0 atom stereocenters. The maximum Gasteiger partial charge on any atom is 0.216 e. The number of nitriles is 1. The summed E-state index contributed by atoms with van der Waals surface area (Å²) in [6, 6.07) is 13.3. The van der Waals surface area contributed by atoms with Crippen LogP contribution in [0.25, 0.3) is 6.08 Å². The van der Waals surface area contributed by atoms with Gasteiger partial charge in [-0.15, -0.1) is 0 Å². The molecule has 28 heavy (non-hydrogen) atoms. The van der Waals surface area contributed by atoms with Crippen molar-refractivity contribution < 1.29 is 17.9 Å². The maximum absolute atomic E-state index is 12.8. The standard InChI is InChI=1S/C22H25NO4S/c1-5-26-22-13-18(8-11-21(22)27-15-16(2)3)12-20(14-23)28(24,25)19-9-6-17(4)7-10-19/h6-13,16H,5,15H2,1-4H3/b20-12+. The Hall–Kier alpha value is -2.78. The average Bonchev–Trinajstić information content (AvgIpc) is 2.65. The Morgan fingerprint density at radius 3 is 2.36 bits per heavy atom. The molecule has 0 saturated heterocycles. The van der Waals surface area contributed by atoms with Crippen LogP contribution in [0.3, 0.4) is 0 Å². The fourth-order valence-corrected chi connectivity index (χ4v) is 3.58. The van der Waals surface area contributed by atoms with Crippen LogP contribution in [0.2, 0.25) is 0 Å². The maximum atomic E-state index is 12.8. The quantitative estimate of drug-likeness (QED) is 0.598. The molecule has 0 spiro atoms. The van der Waals surface area contributed by atoms with Crippen LogP contribution in [-0.2, 0) is 9.84 Å². The second-order valence-corrected chi connectivity index (χ2v) is 8.70. The van der Waals surface area contributed by atoms with Crippen LogP contribution in [0.15, 0.2) is 52.3 Å². The van der Waals surface area contributed by atoms with Gasteiger partial charge in [0.05, 0.1) is 18.1 Å². The van der Waals surface area contributed by atoms with E-state index in [1.807, 2.05) is 33.8 Å². The number of aryl methyl sites for hydroxylation is 1. The van der Waals surface area contributed by atoms with Crippen molar-refractivity contribution in [3.8, 4) is 17.6 Å². The Balaban J connectivity index is 2.41. The van der Waals surface area contributed by atoms with Gasteiger partial charge < -0.3 is 9.47 Å². The van der Waals surface area contributed by atoms with Gasteiger partial charge in [-0.1, -0.05) is 37.6 Å². The summed E-state index contributed by atoms with van der Waals surface area (Å²) in [6.07, 6.45) is 1.35. The number of hydrogen-bond donors (Lipinski definition) is 0. The van der Waals surface area contributed by atoms with E-state index in [1.165, 1.54) is 18.2 Å². The van der Waals surface area contributed by atoms with Gasteiger partial charge in [0.15, 0.2) is 11.5 Å². The van der Waals surface area contributed by atoms with E-state index in [2.05, 4.69) is 0 Å². The van der Waals surface area contributed by atoms with Gasteiger partial charge in [0.25, 0.3) is 0 Å². The average molecular weight is 400 g/mol. The molecule has 2 aromatic rings. The molecular formula is C22H25NO4S. The summed E-state index contributed by atoms with van der Waals surface area (Å²) in [5.41, 5.74) is 1.49. The molecule has 2 rings (SSSR count). The van der Waals surface area contributed by atoms with E-state index >= 15 is 0 Å². The van der Waals surface area contributed by atoms with Crippen LogP contribution in [0.5, 0.6) is 11.5 Å². The predicted octanol–water partition coefficient (Wildman–Crippen LogP) is 4.77. The van der Waals surface area contributed by atoms with Gasteiger partial charge in [0.1, 0.15) is 11.0 Å². The number of hydrogen-bond acceptors (Lipinski definition) is 5. The van der Waals surface area contributed by atoms with Gasteiger partial charge >= 0.3 is 0 Å². The lowest BCUT2D eigenvalue weighted by atomic mass is 10.2. The van der Waals surface area contributed by atoms with Crippen LogP contribution < -0.4 is 9.47 Å². The highest BCUT2D eigenvalue weighted by Gasteiger charge is 2.21. The Labute approximate surface area is 167 Å². The second kappa shape index (κ2) is 9.43. The van der Waals surface area contributed by atoms with Gasteiger partial charge in [0, 0.05) is 0 Å². The van der Waals surface area contributed by atoms with Gasteiger partial charge in [0.2, 0.25) is 9.84 Å². The first kappa shape index (κ1) is 21.5. The molecular weight excluding hydrogens is 374 g/mol. The fourth-order valence-electron chi connectivity index (χ4n) is 2.42. The minimum atomic E-state index is -3.89. The van der Waals surface area contributed by atoms with Crippen molar-refractivity contribution in [3.63, 3.8) is 0 Å². The molecule has 5 nitrogen and oxygen atoms in total. The third kappa shape index (κ3) is 5.37. The van der Waals surface area contributed by atoms with E-state index in [4.69, 9.17) is 9.47 Å². The molecule has 0 amide bonds. The zero-order chi connectivity index (χ0) is 20.7. The van der Waals surface area contributed by atoms with Crippen molar-refractivity contribution >= 4 is 15.9 Å². The lowest BCUT2D eigenvalue weighted by Gasteiger charge is -2.14. The summed E-state index contributed by atoms with van der Waals surface area (Å²) in [5.74, 6) is 1.47. The molecule has 0 unspecified atom stereocenters. The van der Waals surface area contributed by atoms with Crippen molar-refractivity contribution in [1.82, 2.24) is 0 Å². The van der Waals surface area contributed by atoms with Gasteiger partial charge in [-0.05, 0) is 55.7 Å². The van der Waals surface area contributed by atoms with Crippen molar-refractivity contribution in [2.75, 3.05) is 13.2 Å². The Morgan fingerprint density at radius 1 is 1.11 bits per heavy atom. The summed E-state index contributed by atoms with van der Waals surface area (Å²) in [7, 11) is -3.89. The molecule has 2 aromatic carbocycles. The monoisotopic (exact) mass is 399 g/mol. The Bertz CT molecular complexity index is 984. The molecule has 6 heteroatoms. The minimum Gasteiger partial charge on any atom is -0.490 e. The van der Waals surface area contributed by atoms with E-state index in [-0.39, 0.29) is 9.80 Å². The number of sulfone groups is 1. The van der Waals surface area contributed by atoms with Crippen LogP contribution in [0.1, 0.15) is 31.9 Å². The van der Waals surface area contributed by atoms with Crippen molar-refractivity contribution in [2.24, 2.45) is 5.92 Å². The van der Waals surface area contributed by atoms with Gasteiger partial charge in [-0.3, -0.25) is 0 Å². The minimum absolute atomic E-state index is 0.0906. The molecule has 0 aromatic heterocycles. The third-order valence-corrected chi connectivity index (χ3v) is 5.55. The third-order valence-electron chi connectivity index (χ3n) is 3.87. The van der Waals surface area contributed by atoms with Crippen molar-refractivity contribution in [3.05, 3.63) is 58.5 Å². The molecule has 148 valence electrons. The highest BCUT2D eigenvalue weighted by molar-refractivity contribution is 7.95. The lowest BCUT2D eigenvalue weighted by molar-refractivity contribution is 0.248. The van der Waals surface area contributed by atoms with E-state index < -0.39 is 9.84 Å². The normalized spacial score (nSPS) is 11.9. The summed E-state index contributed by atoms with van der Waals surface area (Å²) in [4.78, 5) is -0.234. The molecule has 0 radical (unpaired) electrons. The topological polar surface area (TPSA) is 76.4 Å². The van der Waals surface area contributed by atoms with Crippen molar-refractivity contribution in [2.45, 2.75) is 32.6 Å². The summed E-state index contributed by atoms with van der Waals surface area (Å²) in [6.45, 7) is 8.81. The zero-order valence-corrected chi connectivity index (χ0v) is 17.4. The molecule has 0 aliphatic heterocycles. The largest absolute Gasteiger partial charge is 0.490 e. The molecule has 0 aliphatic rings. The summed E-state index contributed by atoms with van der Waals surface area (Å²) < 4.78 is 37.0. The van der Waals surface area contributed by atoms with E-state index in [0.29, 0.717) is 36.2 Å². The first-order chi connectivity index (χ1) is 13.3. The second-order valence-electron chi connectivity index (χ2n) is 6.78. The van der Waals surface area contributed by atoms with Gasteiger partial charge in [-0.2, -0.15) is 5.26 Å². The smallest absolute Gasteiger partial charge is 0.216 e. The summed E-state index contributed by atoms with van der Waals surface area (Å²) >= 11 is 0. The van der Waals surface area contributed by atoms with Gasteiger partial charge in [-0.25, -0.2) is 8.42 Å². The van der Waals surface area contributed by atoms with E-state index in [9.17, 15) is 13.7 Å². The number of allylic oxidation sites excluding steroid dienone is 1. The summed E-state index contributed by atoms with van der Waals surface area (Å²) in [5, 5.41) is 9.46. The van der Waals surface area contributed by atoms with Crippen LogP contribution in [0, 0.1) is 24.2 Å². The molecule has 0 fully saturated rings. The molecule has 0 N–H and O–H groups in total. The zero-order valence-electron chi connectivity index (χ0n) is 16.6. The van der Waals surface area contributed by atoms with Crippen LogP contribution in [-0.4, -0.2) is 21.6 Å².